The maximum atomic E-state index is 9.75. The van der Waals surface area contributed by atoms with Crippen LogP contribution in [0.2, 0.25) is 0 Å². The standard InChI is InChI=1S/C3H6NO5P.2Na/c4-1-3(2-5)9-10(6,7)8;;/h3,5H,2H2,(H2,6,7,8);;/q;2*+1/p-2. The second kappa shape index (κ2) is 9.13. The average Bonchev–Trinajstić information content (AvgIpc) is 1.81. The molecule has 0 saturated heterocycles. The third-order valence-corrected chi connectivity index (χ3v) is 1.08. The van der Waals surface area contributed by atoms with Gasteiger partial charge in [-0.05, 0) is 0 Å². The molecule has 0 fully saturated rings. The molecule has 12 heavy (non-hydrogen) atoms. The zero-order valence-corrected chi connectivity index (χ0v) is 11.7. The second-order valence-corrected chi connectivity index (χ2v) is 2.46. The first kappa shape index (κ1) is 19.2. The number of nitriles is 1. The first-order chi connectivity index (χ1) is 4.49. The van der Waals surface area contributed by atoms with Crippen molar-refractivity contribution in [3.63, 3.8) is 0 Å². The van der Waals surface area contributed by atoms with Crippen LogP contribution in [0, 0.1) is 11.3 Å². The Morgan fingerprint density at radius 3 is 2.08 bits per heavy atom. The van der Waals surface area contributed by atoms with Crippen molar-refractivity contribution in [1.82, 2.24) is 0 Å². The third kappa shape index (κ3) is 11.6. The minimum atomic E-state index is -5.14. The van der Waals surface area contributed by atoms with Gasteiger partial charge in [-0.25, -0.2) is 0 Å². The van der Waals surface area contributed by atoms with Crippen molar-refractivity contribution in [2.75, 3.05) is 6.61 Å². The summed E-state index contributed by atoms with van der Waals surface area (Å²) in [5.74, 6) is 0. The molecule has 0 aliphatic rings. The predicted octanol–water partition coefficient (Wildman–Crippen LogP) is -8.28. The van der Waals surface area contributed by atoms with Crippen LogP contribution < -0.4 is 68.9 Å². The van der Waals surface area contributed by atoms with E-state index >= 15 is 0 Å². The Morgan fingerprint density at radius 2 is 2.00 bits per heavy atom. The molecule has 0 heterocycles. The molecule has 0 rings (SSSR count). The van der Waals surface area contributed by atoms with Gasteiger partial charge in [0.25, 0.3) is 0 Å². The SMILES string of the molecule is N#CC(CO)OP(=O)([O-])[O-].[Na+].[Na+]. The summed E-state index contributed by atoms with van der Waals surface area (Å²) in [6.07, 6.45) is -1.58. The first-order valence-corrected chi connectivity index (χ1v) is 3.66. The maximum Gasteiger partial charge on any atom is 1.00 e. The van der Waals surface area contributed by atoms with E-state index in [0.29, 0.717) is 0 Å². The molecule has 0 radical (unpaired) electrons. The number of aliphatic hydroxyl groups excluding tert-OH is 1. The zero-order valence-electron chi connectivity index (χ0n) is 6.76. The largest absolute Gasteiger partial charge is 1.00 e. The summed E-state index contributed by atoms with van der Waals surface area (Å²) in [5, 5.41) is 16.1. The van der Waals surface area contributed by atoms with E-state index in [1.165, 1.54) is 6.07 Å². The van der Waals surface area contributed by atoms with Gasteiger partial charge < -0.3 is 24.0 Å². The van der Waals surface area contributed by atoms with E-state index in [-0.39, 0.29) is 59.1 Å². The molecule has 0 aliphatic heterocycles. The molecule has 0 aromatic rings. The van der Waals surface area contributed by atoms with E-state index in [2.05, 4.69) is 4.52 Å². The normalized spacial score (nSPS) is 11.8. The van der Waals surface area contributed by atoms with Crippen LogP contribution in [-0.4, -0.2) is 17.8 Å². The summed E-state index contributed by atoms with van der Waals surface area (Å²) in [4.78, 5) is 19.5. The first-order valence-electron chi connectivity index (χ1n) is 2.20. The maximum absolute atomic E-state index is 9.75. The smallest absolute Gasteiger partial charge is 0.790 e. The Bertz CT molecular complexity index is 188. The number of phosphoric ester groups is 1. The van der Waals surface area contributed by atoms with E-state index in [0.717, 1.165) is 0 Å². The molecule has 0 aromatic heterocycles. The second-order valence-electron chi connectivity index (χ2n) is 1.35. The van der Waals surface area contributed by atoms with Crippen LogP contribution in [-0.2, 0) is 9.09 Å². The molecule has 0 saturated carbocycles. The van der Waals surface area contributed by atoms with Crippen LogP contribution in [0.25, 0.3) is 0 Å². The van der Waals surface area contributed by atoms with Gasteiger partial charge >= 0.3 is 59.1 Å². The van der Waals surface area contributed by atoms with Crippen molar-refractivity contribution in [3.05, 3.63) is 0 Å². The van der Waals surface area contributed by atoms with Crippen LogP contribution in [0.5, 0.6) is 0 Å². The fraction of sp³-hybridized carbons (Fsp3) is 0.667. The van der Waals surface area contributed by atoms with Gasteiger partial charge in [0, 0.05) is 0 Å². The van der Waals surface area contributed by atoms with Crippen molar-refractivity contribution in [3.8, 4) is 6.07 Å². The third-order valence-electron chi connectivity index (χ3n) is 0.566. The topological polar surface area (TPSA) is 116 Å². The summed E-state index contributed by atoms with van der Waals surface area (Å²) in [5.41, 5.74) is 0. The molecule has 1 N–H and O–H groups in total. The monoisotopic (exact) mass is 211 g/mol. The molecular weight excluding hydrogens is 207 g/mol. The Morgan fingerprint density at radius 1 is 1.58 bits per heavy atom. The molecule has 58 valence electrons. The van der Waals surface area contributed by atoms with Crippen LogP contribution in [0.4, 0.5) is 0 Å². The quantitative estimate of drug-likeness (QED) is 0.366. The minimum Gasteiger partial charge on any atom is -0.790 e. The molecular formula is C3H4NNa2O5P. The summed E-state index contributed by atoms with van der Waals surface area (Å²) in [6.45, 7) is -0.815. The van der Waals surface area contributed by atoms with Crippen LogP contribution >= 0.6 is 7.82 Å². The summed E-state index contributed by atoms with van der Waals surface area (Å²) in [6, 6.07) is 1.26. The molecule has 0 spiro atoms. The molecule has 0 aromatic carbocycles. The predicted molar refractivity (Wildman–Crippen MR) is 25.2 cm³/mol. The van der Waals surface area contributed by atoms with Crippen molar-refractivity contribution in [1.29, 1.82) is 5.26 Å². The number of nitrogens with zero attached hydrogens (tertiary/aromatic N) is 1. The van der Waals surface area contributed by atoms with Gasteiger partial charge in [0.15, 0.2) is 6.10 Å². The summed E-state index contributed by atoms with van der Waals surface area (Å²) in [7, 11) is -5.14. The molecule has 1 atom stereocenters. The Kier molecular flexibility index (Phi) is 14.6. The molecule has 0 amide bonds. The molecule has 1 unspecified atom stereocenters. The van der Waals surface area contributed by atoms with Crippen LogP contribution in [0.1, 0.15) is 0 Å². The Labute approximate surface area is 114 Å². The Balaban J connectivity index is -0.000000405. The van der Waals surface area contributed by atoms with Crippen LogP contribution in [0.3, 0.4) is 0 Å². The van der Waals surface area contributed by atoms with Gasteiger partial charge in [0.05, 0.1) is 20.5 Å². The molecule has 0 bridgehead atoms. The number of rotatable bonds is 3. The zero-order chi connectivity index (χ0) is 8.20. The van der Waals surface area contributed by atoms with Gasteiger partial charge in [-0.2, -0.15) is 5.26 Å². The van der Waals surface area contributed by atoms with E-state index in [9.17, 15) is 14.4 Å². The molecule has 0 aliphatic carbocycles. The van der Waals surface area contributed by atoms with Gasteiger partial charge in [-0.1, -0.05) is 0 Å². The molecule has 9 heteroatoms. The fourth-order valence-electron chi connectivity index (χ4n) is 0.254. The van der Waals surface area contributed by atoms with Gasteiger partial charge in [0.2, 0.25) is 0 Å². The van der Waals surface area contributed by atoms with Crippen molar-refractivity contribution >= 4 is 7.82 Å². The Hall–Kier alpha value is 1.56. The minimum absolute atomic E-state index is 0. The van der Waals surface area contributed by atoms with E-state index in [4.69, 9.17) is 10.4 Å². The van der Waals surface area contributed by atoms with Crippen LogP contribution in [0.15, 0.2) is 0 Å². The van der Waals surface area contributed by atoms with Crippen molar-refractivity contribution in [2.24, 2.45) is 0 Å². The fourth-order valence-corrected chi connectivity index (χ4v) is 0.679. The number of aliphatic hydroxyl groups is 1. The number of hydrogen-bond acceptors (Lipinski definition) is 6. The number of hydrogen-bond donors (Lipinski definition) is 1. The van der Waals surface area contributed by atoms with Gasteiger partial charge in [0.1, 0.15) is 0 Å². The van der Waals surface area contributed by atoms with E-state index in [1.807, 2.05) is 0 Å². The summed E-state index contributed by atoms with van der Waals surface area (Å²) >= 11 is 0. The van der Waals surface area contributed by atoms with Crippen molar-refractivity contribution < 1.29 is 83.1 Å². The van der Waals surface area contributed by atoms with Gasteiger partial charge in [-0.15, -0.1) is 0 Å². The van der Waals surface area contributed by atoms with E-state index in [1.54, 1.807) is 0 Å². The van der Waals surface area contributed by atoms with E-state index < -0.39 is 20.5 Å². The van der Waals surface area contributed by atoms with Gasteiger partial charge in [-0.3, -0.25) is 0 Å². The van der Waals surface area contributed by atoms with Crippen molar-refractivity contribution in [2.45, 2.75) is 6.10 Å². The average molecular weight is 211 g/mol. The summed E-state index contributed by atoms with van der Waals surface area (Å²) < 4.78 is 13.3. The molecule has 6 nitrogen and oxygen atoms in total. The number of phosphoric acid groups is 1.